The maximum atomic E-state index is 10.8. The first-order valence-electron chi connectivity index (χ1n) is 7.40. The van der Waals surface area contributed by atoms with Gasteiger partial charge in [-0.1, -0.05) is 24.3 Å². The Kier molecular flexibility index (Phi) is 3.72. The van der Waals surface area contributed by atoms with Gasteiger partial charge in [-0.2, -0.15) is 0 Å². The highest BCUT2D eigenvalue weighted by atomic mass is 16.3. The van der Waals surface area contributed by atoms with Crippen LogP contribution in [0.3, 0.4) is 0 Å². The normalized spacial score (nSPS) is 24.7. The molecule has 20 heavy (non-hydrogen) atoms. The van der Waals surface area contributed by atoms with Gasteiger partial charge in [0, 0.05) is 24.0 Å². The van der Waals surface area contributed by atoms with Crippen molar-refractivity contribution in [2.75, 3.05) is 20.1 Å². The van der Waals surface area contributed by atoms with E-state index in [9.17, 15) is 5.11 Å². The Morgan fingerprint density at radius 1 is 1.15 bits per heavy atom. The average molecular weight is 270 g/mol. The van der Waals surface area contributed by atoms with Gasteiger partial charge in [-0.15, -0.1) is 0 Å². The summed E-state index contributed by atoms with van der Waals surface area (Å²) in [5.41, 5.74) is 1.41. The number of rotatable bonds is 2. The van der Waals surface area contributed by atoms with E-state index in [1.165, 1.54) is 0 Å². The summed E-state index contributed by atoms with van der Waals surface area (Å²) in [7, 11) is 2.13. The molecular formula is C17H22N2O. The third kappa shape index (κ3) is 3.00. The minimum Gasteiger partial charge on any atom is -0.389 e. The fourth-order valence-electron chi connectivity index (χ4n) is 3.03. The Morgan fingerprint density at radius 2 is 2.00 bits per heavy atom. The lowest BCUT2D eigenvalue weighted by atomic mass is 9.89. The molecule has 0 amide bonds. The van der Waals surface area contributed by atoms with Crippen molar-refractivity contribution in [1.82, 2.24) is 9.88 Å². The molecule has 1 N–H and O–H groups in total. The van der Waals surface area contributed by atoms with Crippen LogP contribution in [0, 0.1) is 0 Å². The van der Waals surface area contributed by atoms with E-state index in [0.29, 0.717) is 6.42 Å². The van der Waals surface area contributed by atoms with E-state index in [1.807, 2.05) is 18.2 Å². The van der Waals surface area contributed by atoms with E-state index in [0.717, 1.165) is 48.9 Å². The number of pyridine rings is 1. The molecule has 3 rings (SSSR count). The van der Waals surface area contributed by atoms with Gasteiger partial charge in [-0.25, -0.2) is 0 Å². The maximum Gasteiger partial charge on any atom is 0.0715 e. The lowest BCUT2D eigenvalue weighted by Crippen LogP contribution is -2.33. The molecule has 1 aromatic heterocycles. The van der Waals surface area contributed by atoms with Gasteiger partial charge in [0.05, 0.1) is 11.1 Å². The first-order valence-corrected chi connectivity index (χ1v) is 7.40. The van der Waals surface area contributed by atoms with Crippen molar-refractivity contribution in [2.45, 2.75) is 31.3 Å². The van der Waals surface area contributed by atoms with Crippen molar-refractivity contribution < 1.29 is 5.11 Å². The topological polar surface area (TPSA) is 36.4 Å². The van der Waals surface area contributed by atoms with Crippen LogP contribution < -0.4 is 0 Å². The number of aliphatic hydroxyl groups is 1. The molecule has 3 nitrogen and oxygen atoms in total. The molecule has 0 aliphatic carbocycles. The molecule has 2 heterocycles. The number of benzene rings is 1. The summed E-state index contributed by atoms with van der Waals surface area (Å²) >= 11 is 0. The standard InChI is InChI=1S/C17H22N2O/c1-19-11-4-9-17(20,10-12-19)13-15-8-7-14-5-2-3-6-16(14)18-15/h2-3,5-8,20H,4,9-13H2,1H3. The lowest BCUT2D eigenvalue weighted by molar-refractivity contribution is 0.0255. The van der Waals surface area contributed by atoms with Crippen LogP contribution in [0.25, 0.3) is 10.9 Å². The average Bonchev–Trinajstić information content (AvgIpc) is 2.61. The third-order valence-corrected chi connectivity index (χ3v) is 4.31. The molecule has 0 bridgehead atoms. The number of hydrogen-bond donors (Lipinski definition) is 1. The highest BCUT2D eigenvalue weighted by Crippen LogP contribution is 2.26. The lowest BCUT2D eigenvalue weighted by Gasteiger charge is -2.26. The van der Waals surface area contributed by atoms with Crippen molar-refractivity contribution in [3.8, 4) is 0 Å². The monoisotopic (exact) mass is 270 g/mol. The summed E-state index contributed by atoms with van der Waals surface area (Å²) in [6.45, 7) is 2.04. The minimum absolute atomic E-state index is 0.597. The Balaban J connectivity index is 1.81. The highest BCUT2D eigenvalue weighted by molar-refractivity contribution is 5.78. The zero-order valence-corrected chi connectivity index (χ0v) is 12.0. The Bertz CT molecular complexity index is 598. The summed E-state index contributed by atoms with van der Waals surface area (Å²) in [6.07, 6.45) is 3.41. The van der Waals surface area contributed by atoms with E-state index in [-0.39, 0.29) is 0 Å². The first-order chi connectivity index (χ1) is 9.65. The van der Waals surface area contributed by atoms with Gasteiger partial charge < -0.3 is 10.0 Å². The molecule has 1 aliphatic rings. The van der Waals surface area contributed by atoms with E-state index < -0.39 is 5.60 Å². The van der Waals surface area contributed by atoms with Crippen LogP contribution in [0.5, 0.6) is 0 Å². The molecule has 1 fully saturated rings. The molecule has 0 saturated carbocycles. The number of aromatic nitrogens is 1. The summed E-state index contributed by atoms with van der Waals surface area (Å²) < 4.78 is 0. The van der Waals surface area contributed by atoms with Crippen molar-refractivity contribution in [1.29, 1.82) is 0 Å². The molecule has 3 heteroatoms. The van der Waals surface area contributed by atoms with Gasteiger partial charge >= 0.3 is 0 Å². The SMILES string of the molecule is CN1CCCC(O)(Cc2ccc3ccccc3n2)CC1. The largest absolute Gasteiger partial charge is 0.389 e. The smallest absolute Gasteiger partial charge is 0.0715 e. The number of nitrogens with zero attached hydrogens (tertiary/aromatic N) is 2. The van der Waals surface area contributed by atoms with Crippen molar-refractivity contribution in [2.24, 2.45) is 0 Å². The second kappa shape index (κ2) is 5.51. The maximum absolute atomic E-state index is 10.8. The molecule has 1 saturated heterocycles. The van der Waals surface area contributed by atoms with Crippen LogP contribution in [0.15, 0.2) is 36.4 Å². The van der Waals surface area contributed by atoms with Crippen molar-refractivity contribution in [3.63, 3.8) is 0 Å². The summed E-state index contributed by atoms with van der Waals surface area (Å²) in [4.78, 5) is 6.99. The third-order valence-electron chi connectivity index (χ3n) is 4.31. The quantitative estimate of drug-likeness (QED) is 0.911. The van der Waals surface area contributed by atoms with E-state index in [2.05, 4.69) is 30.1 Å². The fraction of sp³-hybridized carbons (Fsp3) is 0.471. The second-order valence-electron chi connectivity index (χ2n) is 6.05. The number of hydrogen-bond acceptors (Lipinski definition) is 3. The van der Waals surface area contributed by atoms with E-state index in [1.54, 1.807) is 0 Å². The molecular weight excluding hydrogens is 248 g/mol. The van der Waals surface area contributed by atoms with Gasteiger partial charge in [0.15, 0.2) is 0 Å². The summed E-state index contributed by atoms with van der Waals surface area (Å²) in [6, 6.07) is 12.3. The zero-order valence-electron chi connectivity index (χ0n) is 12.0. The Labute approximate surface area is 120 Å². The van der Waals surface area contributed by atoms with Crippen molar-refractivity contribution in [3.05, 3.63) is 42.1 Å². The van der Waals surface area contributed by atoms with Crippen LogP contribution in [0.1, 0.15) is 25.0 Å². The van der Waals surface area contributed by atoms with Crippen LogP contribution in [0.4, 0.5) is 0 Å². The molecule has 1 unspecified atom stereocenters. The highest BCUT2D eigenvalue weighted by Gasteiger charge is 2.30. The predicted octanol–water partition coefficient (Wildman–Crippen LogP) is 2.62. The van der Waals surface area contributed by atoms with E-state index >= 15 is 0 Å². The molecule has 0 spiro atoms. The van der Waals surface area contributed by atoms with Crippen molar-refractivity contribution >= 4 is 10.9 Å². The number of para-hydroxylation sites is 1. The van der Waals surface area contributed by atoms with Gasteiger partial charge in [-0.05, 0) is 45.0 Å². The van der Waals surface area contributed by atoms with Crippen LogP contribution >= 0.6 is 0 Å². The van der Waals surface area contributed by atoms with E-state index in [4.69, 9.17) is 4.98 Å². The van der Waals surface area contributed by atoms with Crippen LogP contribution in [-0.2, 0) is 6.42 Å². The van der Waals surface area contributed by atoms with Gasteiger partial charge in [0.1, 0.15) is 0 Å². The molecule has 1 atom stereocenters. The minimum atomic E-state index is -0.597. The predicted molar refractivity (Wildman–Crippen MR) is 81.7 cm³/mol. The molecule has 106 valence electrons. The molecule has 0 radical (unpaired) electrons. The van der Waals surface area contributed by atoms with Gasteiger partial charge in [0.2, 0.25) is 0 Å². The summed E-state index contributed by atoms with van der Waals surface area (Å²) in [5.74, 6) is 0. The molecule has 1 aromatic carbocycles. The second-order valence-corrected chi connectivity index (χ2v) is 6.05. The van der Waals surface area contributed by atoms with Crippen LogP contribution in [0.2, 0.25) is 0 Å². The zero-order chi connectivity index (χ0) is 14.0. The molecule has 1 aliphatic heterocycles. The Morgan fingerprint density at radius 3 is 2.90 bits per heavy atom. The van der Waals surface area contributed by atoms with Gasteiger partial charge in [-0.3, -0.25) is 4.98 Å². The fourth-order valence-corrected chi connectivity index (χ4v) is 3.03. The van der Waals surface area contributed by atoms with Gasteiger partial charge in [0.25, 0.3) is 0 Å². The first kappa shape index (κ1) is 13.5. The Hall–Kier alpha value is -1.45. The summed E-state index contributed by atoms with van der Waals surface area (Å²) in [5, 5.41) is 12.0. The van der Waals surface area contributed by atoms with Crippen LogP contribution in [-0.4, -0.2) is 40.7 Å². The number of fused-ring (bicyclic) bond motifs is 1. The molecule has 2 aromatic rings. The number of likely N-dealkylation sites (tertiary alicyclic amines) is 1.